The highest BCUT2D eigenvalue weighted by atomic mass is 14.9. The first-order valence-corrected chi connectivity index (χ1v) is 13.4. The standard InChI is InChI=1S/C29H47N3/c1-4-5-6-7-8-9-12-16-19-27-23-31-29(32-24-27)28-21-20-26(22-30-28)18-15-13-10-11-14-17-25(2)3/h20-25H,4-19H2,1-3H3. The Morgan fingerprint density at radius 1 is 0.594 bits per heavy atom. The van der Waals surface area contributed by atoms with Gasteiger partial charge < -0.3 is 0 Å². The summed E-state index contributed by atoms with van der Waals surface area (Å²) in [4.78, 5) is 13.8. The lowest BCUT2D eigenvalue weighted by Crippen LogP contribution is -1.96. The number of nitrogens with zero attached hydrogens (tertiary/aromatic N) is 3. The van der Waals surface area contributed by atoms with Crippen molar-refractivity contribution in [3.05, 3.63) is 41.9 Å². The lowest BCUT2D eigenvalue weighted by molar-refractivity contribution is 0.515. The molecular formula is C29H47N3. The molecule has 0 aliphatic heterocycles. The van der Waals surface area contributed by atoms with Crippen molar-refractivity contribution in [2.24, 2.45) is 5.92 Å². The third-order valence-electron chi connectivity index (χ3n) is 6.33. The van der Waals surface area contributed by atoms with Gasteiger partial charge in [-0.2, -0.15) is 0 Å². The number of aromatic nitrogens is 3. The Morgan fingerprint density at radius 3 is 1.69 bits per heavy atom. The van der Waals surface area contributed by atoms with E-state index in [0.717, 1.165) is 30.3 Å². The molecule has 3 heteroatoms. The van der Waals surface area contributed by atoms with E-state index in [0.29, 0.717) is 0 Å². The second-order valence-corrected chi connectivity index (χ2v) is 9.89. The molecule has 0 amide bonds. The number of rotatable bonds is 18. The molecule has 0 N–H and O–H groups in total. The minimum absolute atomic E-state index is 0.737. The van der Waals surface area contributed by atoms with E-state index in [1.807, 2.05) is 18.6 Å². The molecule has 0 radical (unpaired) electrons. The Hall–Kier alpha value is -1.77. The number of hydrogen-bond donors (Lipinski definition) is 0. The van der Waals surface area contributed by atoms with Crippen LogP contribution >= 0.6 is 0 Å². The van der Waals surface area contributed by atoms with E-state index in [4.69, 9.17) is 0 Å². The predicted molar refractivity (Wildman–Crippen MR) is 138 cm³/mol. The maximum absolute atomic E-state index is 4.62. The van der Waals surface area contributed by atoms with Crippen molar-refractivity contribution in [1.82, 2.24) is 15.0 Å². The van der Waals surface area contributed by atoms with Crippen molar-refractivity contribution in [2.75, 3.05) is 0 Å². The Kier molecular flexibility index (Phi) is 13.9. The van der Waals surface area contributed by atoms with Gasteiger partial charge in [0.15, 0.2) is 5.82 Å². The van der Waals surface area contributed by atoms with Gasteiger partial charge in [-0.15, -0.1) is 0 Å². The number of pyridine rings is 1. The van der Waals surface area contributed by atoms with Crippen LogP contribution < -0.4 is 0 Å². The molecule has 0 saturated carbocycles. The van der Waals surface area contributed by atoms with E-state index in [1.165, 1.54) is 101 Å². The maximum atomic E-state index is 4.62. The summed E-state index contributed by atoms with van der Waals surface area (Å²) in [7, 11) is 0. The lowest BCUT2D eigenvalue weighted by atomic mass is 10.0. The Labute approximate surface area is 197 Å². The largest absolute Gasteiger partial charge is 0.253 e. The molecule has 0 spiro atoms. The van der Waals surface area contributed by atoms with Crippen molar-refractivity contribution < 1.29 is 0 Å². The summed E-state index contributed by atoms with van der Waals surface area (Å²) in [6.45, 7) is 6.90. The molecular weight excluding hydrogens is 390 g/mol. The maximum Gasteiger partial charge on any atom is 0.178 e. The molecule has 0 aliphatic rings. The molecule has 0 fully saturated rings. The minimum Gasteiger partial charge on any atom is -0.253 e. The van der Waals surface area contributed by atoms with Crippen LogP contribution in [-0.2, 0) is 12.8 Å². The fraction of sp³-hybridized carbons (Fsp3) is 0.690. The normalized spacial score (nSPS) is 11.4. The second-order valence-electron chi connectivity index (χ2n) is 9.89. The monoisotopic (exact) mass is 437 g/mol. The first-order valence-electron chi connectivity index (χ1n) is 13.4. The summed E-state index contributed by atoms with van der Waals surface area (Å²) in [5, 5.41) is 0. The first-order chi connectivity index (χ1) is 15.7. The summed E-state index contributed by atoms with van der Waals surface area (Å²) in [6, 6.07) is 4.27. The Bertz CT molecular complexity index is 691. The Morgan fingerprint density at radius 2 is 1.12 bits per heavy atom. The van der Waals surface area contributed by atoms with Crippen LogP contribution in [0.2, 0.25) is 0 Å². The number of unbranched alkanes of at least 4 members (excludes halogenated alkanes) is 11. The third-order valence-corrected chi connectivity index (χ3v) is 6.33. The average molecular weight is 438 g/mol. The molecule has 0 aromatic carbocycles. The van der Waals surface area contributed by atoms with Gasteiger partial charge in [-0.05, 0) is 48.8 Å². The fourth-order valence-electron chi connectivity index (χ4n) is 4.20. The van der Waals surface area contributed by atoms with Gasteiger partial charge in [0.2, 0.25) is 0 Å². The summed E-state index contributed by atoms with van der Waals surface area (Å²) in [6.07, 6.45) is 27.1. The van der Waals surface area contributed by atoms with Crippen LogP contribution in [0.3, 0.4) is 0 Å². The molecule has 0 bridgehead atoms. The van der Waals surface area contributed by atoms with Gasteiger partial charge >= 0.3 is 0 Å². The summed E-state index contributed by atoms with van der Waals surface area (Å²) >= 11 is 0. The van der Waals surface area contributed by atoms with Crippen LogP contribution in [0.4, 0.5) is 0 Å². The van der Waals surface area contributed by atoms with Crippen LogP contribution in [-0.4, -0.2) is 15.0 Å². The van der Waals surface area contributed by atoms with E-state index in [2.05, 4.69) is 47.9 Å². The van der Waals surface area contributed by atoms with E-state index >= 15 is 0 Å². The zero-order chi connectivity index (χ0) is 22.9. The van der Waals surface area contributed by atoms with Crippen molar-refractivity contribution in [1.29, 1.82) is 0 Å². The van der Waals surface area contributed by atoms with Crippen LogP contribution in [0.1, 0.15) is 122 Å². The van der Waals surface area contributed by atoms with Crippen molar-refractivity contribution in [3.8, 4) is 11.5 Å². The SMILES string of the molecule is CCCCCCCCCCc1cnc(-c2ccc(CCCCCCCC(C)C)cn2)nc1. The average Bonchev–Trinajstić information content (AvgIpc) is 2.81. The van der Waals surface area contributed by atoms with Crippen LogP contribution in [0.15, 0.2) is 30.7 Å². The van der Waals surface area contributed by atoms with Crippen molar-refractivity contribution in [2.45, 2.75) is 124 Å². The van der Waals surface area contributed by atoms with Gasteiger partial charge in [0.1, 0.15) is 5.69 Å². The van der Waals surface area contributed by atoms with E-state index in [1.54, 1.807) is 0 Å². The van der Waals surface area contributed by atoms with Gasteiger partial charge in [-0.3, -0.25) is 4.98 Å². The molecule has 178 valence electrons. The Balaban J connectivity index is 1.62. The van der Waals surface area contributed by atoms with Crippen LogP contribution in [0.25, 0.3) is 11.5 Å². The van der Waals surface area contributed by atoms with E-state index in [9.17, 15) is 0 Å². The topological polar surface area (TPSA) is 38.7 Å². The quantitative estimate of drug-likeness (QED) is 0.219. The van der Waals surface area contributed by atoms with Gasteiger partial charge in [-0.1, -0.05) is 104 Å². The van der Waals surface area contributed by atoms with Gasteiger partial charge in [0.25, 0.3) is 0 Å². The third kappa shape index (κ3) is 11.7. The smallest absolute Gasteiger partial charge is 0.178 e. The predicted octanol–water partition coefficient (Wildman–Crippen LogP) is 8.76. The van der Waals surface area contributed by atoms with Gasteiger partial charge in [-0.25, -0.2) is 9.97 Å². The lowest BCUT2D eigenvalue weighted by Gasteiger charge is -2.06. The molecule has 0 atom stereocenters. The summed E-state index contributed by atoms with van der Waals surface area (Å²) in [5.74, 6) is 1.58. The van der Waals surface area contributed by atoms with Gasteiger partial charge in [0, 0.05) is 18.6 Å². The van der Waals surface area contributed by atoms with Crippen LogP contribution in [0, 0.1) is 5.92 Å². The summed E-state index contributed by atoms with van der Waals surface area (Å²) < 4.78 is 0. The second kappa shape index (κ2) is 16.8. The molecule has 2 rings (SSSR count). The molecule has 32 heavy (non-hydrogen) atoms. The van der Waals surface area contributed by atoms with Gasteiger partial charge in [0.05, 0.1) is 0 Å². The summed E-state index contributed by atoms with van der Waals surface area (Å²) in [5.41, 5.74) is 3.44. The zero-order valence-corrected chi connectivity index (χ0v) is 21.1. The first kappa shape index (κ1) is 26.5. The molecule has 2 aromatic heterocycles. The number of hydrogen-bond acceptors (Lipinski definition) is 3. The van der Waals surface area contributed by atoms with Crippen molar-refractivity contribution >= 4 is 0 Å². The van der Waals surface area contributed by atoms with E-state index in [-0.39, 0.29) is 0 Å². The number of aryl methyl sites for hydroxylation is 2. The molecule has 2 aromatic rings. The fourth-order valence-corrected chi connectivity index (χ4v) is 4.20. The van der Waals surface area contributed by atoms with E-state index < -0.39 is 0 Å². The molecule has 3 nitrogen and oxygen atoms in total. The van der Waals surface area contributed by atoms with Crippen LogP contribution in [0.5, 0.6) is 0 Å². The molecule has 0 saturated heterocycles. The highest BCUT2D eigenvalue weighted by Crippen LogP contribution is 2.16. The highest BCUT2D eigenvalue weighted by molar-refractivity contribution is 5.48. The molecule has 0 unspecified atom stereocenters. The minimum atomic E-state index is 0.737. The molecule has 2 heterocycles. The highest BCUT2D eigenvalue weighted by Gasteiger charge is 2.04. The molecule has 0 aliphatic carbocycles. The zero-order valence-electron chi connectivity index (χ0n) is 21.1. The van der Waals surface area contributed by atoms with Crippen molar-refractivity contribution in [3.63, 3.8) is 0 Å².